The summed E-state index contributed by atoms with van der Waals surface area (Å²) in [6.45, 7) is 0.402. The van der Waals surface area contributed by atoms with Gasteiger partial charge in [-0.05, 0) is 29.3 Å². The first-order valence-corrected chi connectivity index (χ1v) is 9.85. The number of nitrogens with zero attached hydrogens (tertiary/aromatic N) is 1. The van der Waals surface area contributed by atoms with Crippen LogP contribution in [0.1, 0.15) is 27.4 Å². The second-order valence-electron chi connectivity index (χ2n) is 7.19. The van der Waals surface area contributed by atoms with Crippen LogP contribution in [0.25, 0.3) is 0 Å². The summed E-state index contributed by atoms with van der Waals surface area (Å²) >= 11 is 0. The molecule has 0 heterocycles. The van der Waals surface area contributed by atoms with E-state index >= 15 is 0 Å². The van der Waals surface area contributed by atoms with Gasteiger partial charge in [-0.25, -0.2) is 0 Å². The molecule has 0 radical (unpaired) electrons. The van der Waals surface area contributed by atoms with Gasteiger partial charge in [0.15, 0.2) is 6.61 Å². The minimum absolute atomic E-state index is 0.0495. The van der Waals surface area contributed by atoms with Crippen LogP contribution >= 0.6 is 0 Å². The molecule has 0 saturated heterocycles. The van der Waals surface area contributed by atoms with Crippen LogP contribution in [-0.2, 0) is 4.79 Å². The third-order valence-corrected chi connectivity index (χ3v) is 4.83. The first kappa shape index (κ1) is 21.1. The summed E-state index contributed by atoms with van der Waals surface area (Å²) in [4.78, 5) is 25.9. The Hall–Kier alpha value is -3.60. The zero-order chi connectivity index (χ0) is 21.3. The first-order valence-electron chi connectivity index (χ1n) is 9.85. The summed E-state index contributed by atoms with van der Waals surface area (Å²) in [5.74, 6) is 0.212. The lowest BCUT2D eigenvalue weighted by molar-refractivity contribution is -0.130. The minimum Gasteiger partial charge on any atom is -0.484 e. The van der Waals surface area contributed by atoms with E-state index in [1.807, 2.05) is 36.4 Å². The lowest BCUT2D eigenvalue weighted by Crippen LogP contribution is -2.29. The van der Waals surface area contributed by atoms with Crippen LogP contribution in [0, 0.1) is 0 Å². The fraction of sp³-hybridized carbons (Fsp3) is 0.200. The van der Waals surface area contributed by atoms with Gasteiger partial charge in [0.25, 0.3) is 11.8 Å². The summed E-state index contributed by atoms with van der Waals surface area (Å²) in [5.41, 5.74) is 2.77. The van der Waals surface area contributed by atoms with E-state index in [1.54, 1.807) is 38.4 Å². The van der Waals surface area contributed by atoms with Gasteiger partial charge in [-0.2, -0.15) is 0 Å². The van der Waals surface area contributed by atoms with Gasteiger partial charge in [-0.3, -0.25) is 9.59 Å². The molecule has 0 saturated carbocycles. The summed E-state index contributed by atoms with van der Waals surface area (Å²) in [6, 6.07) is 27.1. The first-order chi connectivity index (χ1) is 14.5. The molecule has 3 rings (SSSR count). The number of rotatable bonds is 8. The van der Waals surface area contributed by atoms with E-state index in [4.69, 9.17) is 4.74 Å². The maximum Gasteiger partial charge on any atom is 0.259 e. The number of carbonyl (C=O) groups excluding carboxylic acids is 2. The molecular weight excluding hydrogens is 376 g/mol. The Labute approximate surface area is 177 Å². The van der Waals surface area contributed by atoms with Crippen molar-refractivity contribution in [3.63, 3.8) is 0 Å². The van der Waals surface area contributed by atoms with Gasteiger partial charge in [0.1, 0.15) is 5.75 Å². The molecule has 0 aliphatic heterocycles. The van der Waals surface area contributed by atoms with E-state index < -0.39 is 0 Å². The van der Waals surface area contributed by atoms with Crippen molar-refractivity contribution in [3.05, 3.63) is 102 Å². The minimum atomic E-state index is -0.184. The molecule has 5 nitrogen and oxygen atoms in total. The van der Waals surface area contributed by atoms with E-state index in [0.717, 1.165) is 11.1 Å². The summed E-state index contributed by atoms with van der Waals surface area (Å²) in [7, 11) is 3.34. The predicted molar refractivity (Wildman–Crippen MR) is 118 cm³/mol. The largest absolute Gasteiger partial charge is 0.484 e. The monoisotopic (exact) mass is 402 g/mol. The van der Waals surface area contributed by atoms with Crippen LogP contribution < -0.4 is 10.1 Å². The zero-order valence-electron chi connectivity index (χ0n) is 17.2. The summed E-state index contributed by atoms with van der Waals surface area (Å²) < 4.78 is 5.51. The third-order valence-electron chi connectivity index (χ3n) is 4.83. The highest BCUT2D eigenvalue weighted by Gasteiger charge is 2.16. The number of benzene rings is 3. The van der Waals surface area contributed by atoms with Gasteiger partial charge in [-0.15, -0.1) is 0 Å². The van der Waals surface area contributed by atoms with E-state index in [0.29, 0.717) is 17.9 Å². The molecule has 0 atom stereocenters. The standard InChI is InChI=1S/C25H26N2O3/c1-27(2)24(28)18-30-22-15-9-14-21(16-22)25(29)26-17-23(19-10-5-3-6-11-19)20-12-7-4-8-13-20/h3-16,23H,17-18H2,1-2H3,(H,26,29). The summed E-state index contributed by atoms with van der Waals surface area (Å²) in [5, 5.41) is 3.04. The van der Waals surface area contributed by atoms with Crippen molar-refractivity contribution in [3.8, 4) is 5.75 Å². The Balaban J connectivity index is 1.69. The lowest BCUT2D eigenvalue weighted by Gasteiger charge is -2.19. The molecule has 2 amide bonds. The zero-order valence-corrected chi connectivity index (χ0v) is 17.2. The molecule has 0 aromatic heterocycles. The van der Waals surface area contributed by atoms with E-state index in [9.17, 15) is 9.59 Å². The Morgan fingerprint density at radius 2 is 1.47 bits per heavy atom. The number of hydrogen-bond donors (Lipinski definition) is 1. The highest BCUT2D eigenvalue weighted by Crippen LogP contribution is 2.24. The molecule has 3 aromatic carbocycles. The fourth-order valence-electron chi connectivity index (χ4n) is 3.10. The van der Waals surface area contributed by atoms with Crippen LogP contribution in [0.2, 0.25) is 0 Å². The van der Waals surface area contributed by atoms with Crippen LogP contribution in [0.4, 0.5) is 0 Å². The average Bonchev–Trinajstić information content (AvgIpc) is 2.79. The van der Waals surface area contributed by atoms with Crippen molar-refractivity contribution >= 4 is 11.8 Å². The van der Waals surface area contributed by atoms with Gasteiger partial charge < -0.3 is 15.0 Å². The third kappa shape index (κ3) is 5.70. The van der Waals surface area contributed by atoms with Crippen molar-refractivity contribution in [2.24, 2.45) is 0 Å². The van der Waals surface area contributed by atoms with E-state index in [2.05, 4.69) is 29.6 Å². The maximum atomic E-state index is 12.8. The quantitative estimate of drug-likeness (QED) is 0.625. The van der Waals surface area contributed by atoms with Crippen molar-refractivity contribution in [1.29, 1.82) is 0 Å². The summed E-state index contributed by atoms with van der Waals surface area (Å²) in [6.07, 6.45) is 0. The molecule has 0 fully saturated rings. The van der Waals surface area contributed by atoms with Gasteiger partial charge in [-0.1, -0.05) is 66.7 Å². The van der Waals surface area contributed by atoms with Crippen molar-refractivity contribution in [2.45, 2.75) is 5.92 Å². The second kappa shape index (κ2) is 10.3. The smallest absolute Gasteiger partial charge is 0.259 e. The van der Waals surface area contributed by atoms with Crippen molar-refractivity contribution in [1.82, 2.24) is 10.2 Å². The number of amides is 2. The predicted octanol–water partition coefficient (Wildman–Crippen LogP) is 3.72. The molecule has 0 bridgehead atoms. The van der Waals surface area contributed by atoms with Crippen LogP contribution in [0.5, 0.6) is 5.75 Å². The van der Waals surface area contributed by atoms with Crippen LogP contribution in [0.15, 0.2) is 84.9 Å². The fourth-order valence-corrected chi connectivity index (χ4v) is 3.10. The maximum absolute atomic E-state index is 12.8. The van der Waals surface area contributed by atoms with Gasteiger partial charge in [0.05, 0.1) is 0 Å². The highest BCUT2D eigenvalue weighted by molar-refractivity contribution is 5.94. The van der Waals surface area contributed by atoms with Crippen molar-refractivity contribution < 1.29 is 14.3 Å². The van der Waals surface area contributed by atoms with Crippen LogP contribution in [0.3, 0.4) is 0 Å². The van der Waals surface area contributed by atoms with Gasteiger partial charge in [0, 0.05) is 32.1 Å². The molecule has 30 heavy (non-hydrogen) atoms. The van der Waals surface area contributed by atoms with Gasteiger partial charge in [0.2, 0.25) is 0 Å². The number of carbonyl (C=O) groups is 2. The number of hydrogen-bond acceptors (Lipinski definition) is 3. The Kier molecular flexibility index (Phi) is 7.22. The van der Waals surface area contributed by atoms with E-state index in [1.165, 1.54) is 4.90 Å². The van der Waals surface area contributed by atoms with Crippen LogP contribution in [-0.4, -0.2) is 44.0 Å². The molecule has 0 aliphatic rings. The Morgan fingerprint density at radius 3 is 2.03 bits per heavy atom. The molecule has 5 heteroatoms. The molecule has 154 valence electrons. The van der Waals surface area contributed by atoms with E-state index in [-0.39, 0.29) is 24.3 Å². The molecule has 0 unspecified atom stereocenters. The lowest BCUT2D eigenvalue weighted by atomic mass is 9.91. The second-order valence-corrected chi connectivity index (χ2v) is 7.19. The Bertz CT molecular complexity index is 932. The number of nitrogens with one attached hydrogen (secondary N) is 1. The van der Waals surface area contributed by atoms with Crippen molar-refractivity contribution in [2.75, 3.05) is 27.2 Å². The average molecular weight is 402 g/mol. The van der Waals surface area contributed by atoms with Gasteiger partial charge >= 0.3 is 0 Å². The molecule has 0 spiro atoms. The molecular formula is C25H26N2O3. The SMILES string of the molecule is CN(C)C(=O)COc1cccc(C(=O)NCC(c2ccccc2)c2ccccc2)c1. The number of likely N-dealkylation sites (N-methyl/N-ethyl adjacent to an activating group) is 1. The molecule has 3 aromatic rings. The topological polar surface area (TPSA) is 58.6 Å². The molecule has 0 aliphatic carbocycles. The normalized spacial score (nSPS) is 10.5. The Morgan fingerprint density at radius 1 is 0.867 bits per heavy atom. The molecule has 1 N–H and O–H groups in total. The number of ether oxygens (including phenoxy) is 1. The highest BCUT2D eigenvalue weighted by atomic mass is 16.5.